The summed E-state index contributed by atoms with van der Waals surface area (Å²) in [5, 5.41) is 20.8. The lowest BCUT2D eigenvalue weighted by molar-refractivity contribution is -0.132. The molecule has 0 aliphatic carbocycles. The molecule has 0 aliphatic rings. The maximum Gasteiger partial charge on any atom is 0.328 e. The summed E-state index contributed by atoms with van der Waals surface area (Å²) in [6, 6.07) is 37.1. The highest BCUT2D eigenvalue weighted by Gasteiger charge is 1.98. The molecule has 0 spiro atoms. The van der Waals surface area contributed by atoms with Gasteiger partial charge in [0.1, 0.15) is 0 Å². The van der Waals surface area contributed by atoms with Crippen molar-refractivity contribution in [2.45, 2.75) is 0 Å². The zero-order valence-corrected chi connectivity index (χ0v) is 20.3. The summed E-state index contributed by atoms with van der Waals surface area (Å²) in [6.45, 7) is 0. The molecule has 0 amide bonds. The molecule has 6 aromatic rings. The topological polar surface area (TPSA) is 100 Å². The van der Waals surface area contributed by atoms with E-state index in [-0.39, 0.29) is 0 Å². The largest absolute Gasteiger partial charge is 0.478 e. The molecule has 2 aromatic heterocycles. The summed E-state index contributed by atoms with van der Waals surface area (Å²) in [5.74, 6) is -2.20. The minimum Gasteiger partial charge on any atom is -0.478 e. The van der Waals surface area contributed by atoms with E-state index in [1.807, 2.05) is 72.8 Å². The Labute approximate surface area is 218 Å². The number of rotatable bonds is 3. The van der Waals surface area contributed by atoms with E-state index in [4.69, 9.17) is 10.2 Å². The second kappa shape index (κ2) is 12.6. The number of carbonyl (C=O) groups is 2. The van der Waals surface area contributed by atoms with Crippen molar-refractivity contribution in [1.82, 2.24) is 9.97 Å². The van der Waals surface area contributed by atoms with Crippen LogP contribution in [0.3, 0.4) is 0 Å². The van der Waals surface area contributed by atoms with E-state index in [1.54, 1.807) is 0 Å². The quantitative estimate of drug-likeness (QED) is 0.153. The highest BCUT2D eigenvalue weighted by molar-refractivity contribution is 5.93. The van der Waals surface area contributed by atoms with E-state index < -0.39 is 11.9 Å². The van der Waals surface area contributed by atoms with Gasteiger partial charge in [0.15, 0.2) is 0 Å². The first kappa shape index (κ1) is 25.7. The number of hydrogen-bond acceptors (Lipinski definition) is 4. The van der Waals surface area contributed by atoms with E-state index in [0.717, 1.165) is 46.4 Å². The minimum absolute atomic E-state index is 0.847. The molecular formula is C32H24N2O4. The second-order valence-corrected chi connectivity index (χ2v) is 8.14. The molecule has 6 rings (SSSR count). The number of aliphatic carboxylic acids is 2. The first-order valence-corrected chi connectivity index (χ1v) is 11.8. The number of aromatic nitrogens is 2. The van der Waals surface area contributed by atoms with Gasteiger partial charge in [-0.2, -0.15) is 0 Å². The van der Waals surface area contributed by atoms with Gasteiger partial charge in [0.2, 0.25) is 0 Å². The Hall–Kier alpha value is -5.36. The van der Waals surface area contributed by atoms with Crippen LogP contribution in [0.1, 0.15) is 0 Å². The van der Waals surface area contributed by atoms with E-state index in [9.17, 15) is 9.59 Å². The Kier molecular flexibility index (Phi) is 8.50. The molecule has 6 heteroatoms. The Balaban J connectivity index is 0.000000136. The lowest BCUT2D eigenvalue weighted by Crippen LogP contribution is -1.86. The van der Waals surface area contributed by atoms with Crippen molar-refractivity contribution >= 4 is 55.6 Å². The van der Waals surface area contributed by atoms with Gasteiger partial charge < -0.3 is 10.2 Å². The van der Waals surface area contributed by atoms with Crippen LogP contribution < -0.4 is 0 Å². The zero-order chi connectivity index (χ0) is 26.7. The van der Waals surface area contributed by atoms with Crippen LogP contribution in [0.2, 0.25) is 0 Å². The molecule has 2 N–H and O–H groups in total. The maximum atomic E-state index is 9.78. The normalized spacial score (nSPS) is 10.8. The molecule has 6 nitrogen and oxygen atoms in total. The third-order valence-corrected chi connectivity index (χ3v) is 5.44. The Morgan fingerprint density at radius 2 is 0.737 bits per heavy atom. The number of carboxylic acid groups (broad SMARTS) is 2. The van der Waals surface area contributed by atoms with Crippen molar-refractivity contribution < 1.29 is 19.8 Å². The second-order valence-electron chi connectivity index (χ2n) is 8.14. The van der Waals surface area contributed by atoms with Crippen LogP contribution in [-0.2, 0) is 9.59 Å². The van der Waals surface area contributed by atoms with Gasteiger partial charge in [-0.15, -0.1) is 0 Å². The lowest BCUT2D eigenvalue weighted by Gasteiger charge is -1.99. The van der Waals surface area contributed by atoms with E-state index in [2.05, 4.69) is 46.4 Å². The smallest absolute Gasteiger partial charge is 0.328 e. The molecule has 0 saturated heterocycles. The molecule has 0 radical (unpaired) electrons. The van der Waals surface area contributed by atoms with Crippen LogP contribution in [0.4, 0.5) is 0 Å². The van der Waals surface area contributed by atoms with Crippen molar-refractivity contribution in [3.05, 3.63) is 133 Å². The van der Waals surface area contributed by atoms with Crippen LogP contribution in [0, 0.1) is 0 Å². The molecule has 0 unspecified atom stereocenters. The summed E-state index contributed by atoms with van der Waals surface area (Å²) in [5.41, 5.74) is 4.25. The van der Waals surface area contributed by atoms with Gasteiger partial charge in [0.05, 0.1) is 22.1 Å². The van der Waals surface area contributed by atoms with Crippen molar-refractivity contribution in [2.24, 2.45) is 0 Å². The molecule has 0 atom stereocenters. The van der Waals surface area contributed by atoms with E-state index in [0.29, 0.717) is 0 Å². The Morgan fingerprint density at radius 1 is 0.474 bits per heavy atom. The molecule has 186 valence electrons. The van der Waals surface area contributed by atoms with Crippen molar-refractivity contribution in [2.75, 3.05) is 0 Å². The van der Waals surface area contributed by atoms with Gasteiger partial charge in [-0.1, -0.05) is 84.9 Å². The van der Waals surface area contributed by atoms with Crippen LogP contribution in [0.5, 0.6) is 0 Å². The summed E-state index contributed by atoms with van der Waals surface area (Å²) in [4.78, 5) is 28.7. The molecular weight excluding hydrogens is 476 g/mol. The predicted molar refractivity (Wildman–Crippen MR) is 152 cm³/mol. The molecule has 2 heterocycles. The van der Waals surface area contributed by atoms with Crippen LogP contribution in [-0.4, -0.2) is 32.1 Å². The van der Waals surface area contributed by atoms with Crippen molar-refractivity contribution in [3.63, 3.8) is 0 Å². The number of fused-ring (bicyclic) bond motifs is 4. The van der Waals surface area contributed by atoms with Crippen molar-refractivity contribution in [1.29, 1.82) is 0 Å². The average molecular weight is 501 g/mol. The lowest BCUT2D eigenvalue weighted by atomic mass is 10.1. The molecule has 0 bridgehead atoms. The maximum absolute atomic E-state index is 9.78. The van der Waals surface area contributed by atoms with Crippen molar-refractivity contribution in [3.8, 4) is 0 Å². The standard InChI is InChI=1S/2C13H9N.C6H6O4/c2*1-3-7-12-10(5-1)9-11-6-2-4-8-13(11)14-12;7-5(8)3-1-2-4-6(9)10/h2*1-9H;1-4H,(H,7,8)(H,9,10). The molecule has 0 aliphatic heterocycles. The monoisotopic (exact) mass is 500 g/mol. The minimum atomic E-state index is -1.10. The average Bonchev–Trinajstić information content (AvgIpc) is 2.93. The van der Waals surface area contributed by atoms with Gasteiger partial charge in [-0.25, -0.2) is 19.6 Å². The van der Waals surface area contributed by atoms with Gasteiger partial charge in [0.25, 0.3) is 0 Å². The molecule has 38 heavy (non-hydrogen) atoms. The van der Waals surface area contributed by atoms with E-state index in [1.165, 1.54) is 21.5 Å². The zero-order valence-electron chi connectivity index (χ0n) is 20.3. The highest BCUT2D eigenvalue weighted by atomic mass is 16.4. The number of allylic oxidation sites excluding steroid dienone is 2. The first-order chi connectivity index (χ1) is 18.5. The number of hydrogen-bond donors (Lipinski definition) is 2. The summed E-state index contributed by atoms with van der Waals surface area (Å²) >= 11 is 0. The number of benzene rings is 4. The number of para-hydroxylation sites is 4. The molecule has 4 aromatic carbocycles. The fraction of sp³-hybridized carbons (Fsp3) is 0. The van der Waals surface area contributed by atoms with Gasteiger partial charge in [-0.05, 0) is 36.4 Å². The van der Waals surface area contributed by atoms with E-state index >= 15 is 0 Å². The highest BCUT2D eigenvalue weighted by Crippen LogP contribution is 2.19. The fourth-order valence-electron chi connectivity index (χ4n) is 3.72. The molecule has 0 saturated carbocycles. The fourth-order valence-corrected chi connectivity index (χ4v) is 3.72. The number of carboxylic acids is 2. The SMILES string of the molecule is O=C(O)C=CC=CC(=O)O.c1ccc2nc3ccccc3cc2c1.c1ccc2nc3ccccc3cc2c1. The third kappa shape index (κ3) is 7.08. The van der Waals surface area contributed by atoms with Crippen LogP contribution in [0.15, 0.2) is 133 Å². The van der Waals surface area contributed by atoms with Gasteiger partial charge in [0, 0.05) is 33.7 Å². The van der Waals surface area contributed by atoms with Gasteiger partial charge >= 0.3 is 11.9 Å². The predicted octanol–water partition coefficient (Wildman–Crippen LogP) is 7.04. The molecule has 0 fully saturated rings. The number of nitrogens with zero attached hydrogens (tertiary/aromatic N) is 2. The van der Waals surface area contributed by atoms with Gasteiger partial charge in [-0.3, -0.25) is 0 Å². The Bertz CT molecular complexity index is 1450. The van der Waals surface area contributed by atoms with Crippen LogP contribution >= 0.6 is 0 Å². The third-order valence-electron chi connectivity index (χ3n) is 5.44. The summed E-state index contributed by atoms with van der Waals surface area (Å²) in [7, 11) is 0. The number of pyridine rings is 2. The summed E-state index contributed by atoms with van der Waals surface area (Å²) in [6.07, 6.45) is 3.96. The Morgan fingerprint density at radius 3 is 1.00 bits per heavy atom. The first-order valence-electron chi connectivity index (χ1n) is 11.8. The summed E-state index contributed by atoms with van der Waals surface area (Å²) < 4.78 is 0. The van der Waals surface area contributed by atoms with Crippen LogP contribution in [0.25, 0.3) is 43.6 Å².